The van der Waals surface area contributed by atoms with Crippen molar-refractivity contribution in [3.05, 3.63) is 47.0 Å². The molecule has 0 radical (unpaired) electrons. The molecule has 0 unspecified atom stereocenters. The Kier molecular flexibility index (Phi) is 12.9. The summed E-state index contributed by atoms with van der Waals surface area (Å²) in [6.45, 7) is 6.95. The van der Waals surface area contributed by atoms with Crippen molar-refractivity contribution in [2.75, 3.05) is 0 Å². The van der Waals surface area contributed by atoms with Crippen molar-refractivity contribution in [3.63, 3.8) is 0 Å². The normalized spacial score (nSPS) is 11.4. The quantitative estimate of drug-likeness (QED) is 0.228. The lowest BCUT2D eigenvalue weighted by molar-refractivity contribution is 0.583. The maximum Gasteiger partial charge on any atom is -0.0149 e. The molecule has 2 aromatic carbocycles. The van der Waals surface area contributed by atoms with Crippen LogP contribution in [0, 0.1) is 0 Å². The van der Waals surface area contributed by atoms with Crippen LogP contribution in [0.2, 0.25) is 0 Å². The second-order valence-corrected chi connectivity index (χ2v) is 9.31. The van der Waals surface area contributed by atoms with Crippen LogP contribution in [0.3, 0.4) is 0 Å². The molecule has 0 aromatic heterocycles. The van der Waals surface area contributed by atoms with Gasteiger partial charge in [-0.15, -0.1) is 0 Å². The van der Waals surface area contributed by atoms with E-state index >= 15 is 0 Å². The molecule has 30 heavy (non-hydrogen) atoms. The number of benzene rings is 2. The summed E-state index contributed by atoms with van der Waals surface area (Å²) in [5.74, 6) is 0. The first-order valence-electron chi connectivity index (χ1n) is 13.3. The van der Waals surface area contributed by atoms with Gasteiger partial charge < -0.3 is 0 Å². The number of aryl methyl sites for hydroxylation is 2. The highest BCUT2D eigenvalue weighted by molar-refractivity contribution is 5.88. The Bertz CT molecular complexity index is 696. The summed E-state index contributed by atoms with van der Waals surface area (Å²) in [4.78, 5) is 0. The molecule has 2 rings (SSSR count). The molecule has 0 fully saturated rings. The number of rotatable bonds is 17. The van der Waals surface area contributed by atoms with Gasteiger partial charge in [0.15, 0.2) is 0 Å². The van der Waals surface area contributed by atoms with E-state index in [4.69, 9.17) is 0 Å². The molecule has 0 saturated carbocycles. The minimum Gasteiger partial charge on any atom is -0.0654 e. The summed E-state index contributed by atoms with van der Waals surface area (Å²) in [6, 6.07) is 11.6. The minimum absolute atomic E-state index is 1.17. The number of fused-ring (bicyclic) bond motifs is 1. The van der Waals surface area contributed by atoms with E-state index in [2.05, 4.69) is 51.1 Å². The standard InChI is InChI=1S/C30H48/c1-4-7-9-11-13-15-17-22-28-26(6-3)25-27-21-19-20-23-29(27)30(28)24-18-16-14-12-10-8-5-2/h19-21,23,25H,4-18,22,24H2,1-3H3. The summed E-state index contributed by atoms with van der Waals surface area (Å²) in [5, 5.41) is 2.98. The zero-order valence-corrected chi connectivity index (χ0v) is 20.4. The van der Waals surface area contributed by atoms with Crippen molar-refractivity contribution in [2.45, 2.75) is 130 Å². The summed E-state index contributed by atoms with van der Waals surface area (Å²) in [6.07, 6.45) is 23.3. The Labute approximate surface area is 187 Å². The van der Waals surface area contributed by atoms with E-state index in [1.165, 1.54) is 120 Å². The van der Waals surface area contributed by atoms with Crippen LogP contribution in [-0.4, -0.2) is 0 Å². The molecule has 0 bridgehead atoms. The summed E-state index contributed by atoms with van der Waals surface area (Å²) in [7, 11) is 0. The fourth-order valence-corrected chi connectivity index (χ4v) is 4.96. The topological polar surface area (TPSA) is 0 Å². The van der Waals surface area contributed by atoms with Crippen molar-refractivity contribution in [1.29, 1.82) is 0 Å². The van der Waals surface area contributed by atoms with E-state index in [-0.39, 0.29) is 0 Å². The Morgan fingerprint density at radius 2 is 1.03 bits per heavy atom. The van der Waals surface area contributed by atoms with Gasteiger partial charge >= 0.3 is 0 Å². The van der Waals surface area contributed by atoms with E-state index in [1.54, 1.807) is 16.7 Å². The van der Waals surface area contributed by atoms with Gasteiger partial charge in [0.1, 0.15) is 0 Å². The van der Waals surface area contributed by atoms with Crippen LogP contribution >= 0.6 is 0 Å². The average molecular weight is 409 g/mol. The largest absolute Gasteiger partial charge is 0.0654 e. The fraction of sp³-hybridized carbons (Fsp3) is 0.667. The third-order valence-electron chi connectivity index (χ3n) is 6.81. The molecule has 0 atom stereocenters. The van der Waals surface area contributed by atoms with Gasteiger partial charge in [-0.1, -0.05) is 128 Å². The van der Waals surface area contributed by atoms with Gasteiger partial charge in [0, 0.05) is 0 Å². The van der Waals surface area contributed by atoms with Gasteiger partial charge in [0.05, 0.1) is 0 Å². The van der Waals surface area contributed by atoms with E-state index < -0.39 is 0 Å². The van der Waals surface area contributed by atoms with Crippen molar-refractivity contribution in [2.24, 2.45) is 0 Å². The smallest absolute Gasteiger partial charge is 0.0149 e. The van der Waals surface area contributed by atoms with E-state index in [0.717, 1.165) is 0 Å². The monoisotopic (exact) mass is 408 g/mol. The predicted molar refractivity (Wildman–Crippen MR) is 137 cm³/mol. The van der Waals surface area contributed by atoms with Crippen LogP contribution in [0.15, 0.2) is 30.3 Å². The molecule has 0 heteroatoms. The summed E-state index contributed by atoms with van der Waals surface area (Å²) < 4.78 is 0. The highest BCUT2D eigenvalue weighted by Crippen LogP contribution is 2.30. The predicted octanol–water partition coefficient (Wildman–Crippen LogP) is 9.99. The summed E-state index contributed by atoms with van der Waals surface area (Å²) >= 11 is 0. The van der Waals surface area contributed by atoms with E-state index in [9.17, 15) is 0 Å². The number of hydrogen-bond acceptors (Lipinski definition) is 0. The lowest BCUT2D eigenvalue weighted by atomic mass is 9.87. The van der Waals surface area contributed by atoms with Crippen molar-refractivity contribution < 1.29 is 0 Å². The van der Waals surface area contributed by atoms with Gasteiger partial charge in [-0.05, 0) is 59.6 Å². The van der Waals surface area contributed by atoms with Crippen LogP contribution in [0.4, 0.5) is 0 Å². The molecule has 0 aliphatic carbocycles. The molecule has 0 N–H and O–H groups in total. The zero-order valence-electron chi connectivity index (χ0n) is 20.4. The van der Waals surface area contributed by atoms with Crippen molar-refractivity contribution in [3.8, 4) is 0 Å². The Balaban J connectivity index is 2.01. The van der Waals surface area contributed by atoms with Crippen LogP contribution < -0.4 is 0 Å². The summed E-state index contributed by atoms with van der Waals surface area (Å²) in [5.41, 5.74) is 5.00. The maximum atomic E-state index is 2.49. The number of hydrogen-bond donors (Lipinski definition) is 0. The fourth-order valence-electron chi connectivity index (χ4n) is 4.96. The molecule has 0 nitrogen and oxygen atoms in total. The zero-order chi connectivity index (χ0) is 21.4. The van der Waals surface area contributed by atoms with E-state index in [1.807, 2.05) is 0 Å². The average Bonchev–Trinajstić information content (AvgIpc) is 2.78. The molecule has 0 aliphatic rings. The lowest BCUT2D eigenvalue weighted by Gasteiger charge is -2.18. The molecule has 0 heterocycles. The van der Waals surface area contributed by atoms with Crippen molar-refractivity contribution in [1.82, 2.24) is 0 Å². The molecular weight excluding hydrogens is 360 g/mol. The van der Waals surface area contributed by atoms with Gasteiger partial charge in [-0.25, -0.2) is 0 Å². The van der Waals surface area contributed by atoms with Gasteiger partial charge in [0.25, 0.3) is 0 Å². The van der Waals surface area contributed by atoms with Crippen LogP contribution in [0.25, 0.3) is 10.8 Å². The molecular formula is C30H48. The second-order valence-electron chi connectivity index (χ2n) is 9.31. The van der Waals surface area contributed by atoms with Crippen LogP contribution in [0.5, 0.6) is 0 Å². The van der Waals surface area contributed by atoms with E-state index in [0.29, 0.717) is 0 Å². The molecule has 0 spiro atoms. The SMILES string of the molecule is CCCCCCCCCc1c(CC)cc2ccccc2c1CCCCCCCCC. The van der Waals surface area contributed by atoms with Crippen molar-refractivity contribution >= 4 is 10.8 Å². The van der Waals surface area contributed by atoms with Gasteiger partial charge in [0.2, 0.25) is 0 Å². The van der Waals surface area contributed by atoms with Crippen LogP contribution in [0.1, 0.15) is 127 Å². The highest BCUT2D eigenvalue weighted by Gasteiger charge is 2.12. The number of unbranched alkanes of at least 4 members (excludes halogenated alkanes) is 12. The molecule has 2 aromatic rings. The molecule has 0 aliphatic heterocycles. The molecule has 168 valence electrons. The third-order valence-corrected chi connectivity index (χ3v) is 6.81. The van der Waals surface area contributed by atoms with Gasteiger partial charge in [-0.2, -0.15) is 0 Å². The highest BCUT2D eigenvalue weighted by atomic mass is 14.2. The maximum absolute atomic E-state index is 2.49. The first-order valence-corrected chi connectivity index (χ1v) is 13.3. The second kappa shape index (κ2) is 15.5. The Morgan fingerprint density at radius 3 is 1.60 bits per heavy atom. The van der Waals surface area contributed by atoms with Gasteiger partial charge in [-0.3, -0.25) is 0 Å². The lowest BCUT2D eigenvalue weighted by Crippen LogP contribution is -2.02. The van der Waals surface area contributed by atoms with Crippen LogP contribution in [-0.2, 0) is 19.3 Å². The first-order chi connectivity index (χ1) is 14.8. The molecule has 0 saturated heterocycles. The Morgan fingerprint density at radius 1 is 0.533 bits per heavy atom. The first kappa shape index (κ1) is 25.0. The minimum atomic E-state index is 1.17. The third kappa shape index (κ3) is 8.44. The Hall–Kier alpha value is -1.30. The molecule has 0 amide bonds.